The van der Waals surface area contributed by atoms with Crippen LogP contribution in [0.2, 0.25) is 0 Å². The third-order valence-corrected chi connectivity index (χ3v) is 4.42. The number of rotatable bonds is 6. The fraction of sp³-hybridized carbons (Fsp3) is 0.500. The molecule has 1 aliphatic heterocycles. The first kappa shape index (κ1) is 18.6. The number of amides is 1. The maximum absolute atomic E-state index is 11.2. The van der Waals surface area contributed by atoms with E-state index >= 15 is 0 Å². The number of primary amides is 1. The van der Waals surface area contributed by atoms with E-state index in [1.807, 2.05) is 0 Å². The van der Waals surface area contributed by atoms with Crippen LogP contribution in [0.5, 0.6) is 0 Å². The highest BCUT2D eigenvalue weighted by Crippen LogP contribution is 2.57. The molecule has 1 aromatic rings. The monoisotopic (exact) mass is 385 g/mol. The molecule has 23 heavy (non-hydrogen) atoms. The van der Waals surface area contributed by atoms with Crippen LogP contribution in [-0.4, -0.2) is 47.1 Å². The van der Waals surface area contributed by atoms with Gasteiger partial charge in [-0.1, -0.05) is 0 Å². The van der Waals surface area contributed by atoms with Gasteiger partial charge >= 0.3 is 6.07 Å². The molecule has 4 N–H and O–H groups in total. The topological polar surface area (TPSA) is 123 Å². The Hall–Kier alpha value is -0.730. The summed E-state index contributed by atoms with van der Waals surface area (Å²) in [7, 11) is 0. The summed E-state index contributed by atoms with van der Waals surface area (Å²) in [5, 5.41) is 20.0. The molecule has 2 rings (SSSR count). The molecule has 0 radical (unpaired) electrons. The van der Waals surface area contributed by atoms with Crippen molar-refractivity contribution in [2.75, 3.05) is 6.61 Å². The van der Waals surface area contributed by atoms with Crippen molar-refractivity contribution in [2.45, 2.75) is 31.0 Å². The Morgan fingerprint density at radius 2 is 2.04 bits per heavy atom. The summed E-state index contributed by atoms with van der Waals surface area (Å²) in [4.78, 5) is 11.2. The van der Waals surface area contributed by atoms with Gasteiger partial charge in [0.1, 0.15) is 30.0 Å². The van der Waals surface area contributed by atoms with Crippen LogP contribution in [0.15, 0.2) is 24.5 Å². The van der Waals surface area contributed by atoms with Gasteiger partial charge in [-0.05, 0) is 28.5 Å². The number of aliphatic hydroxyl groups is 2. The van der Waals surface area contributed by atoms with Crippen LogP contribution in [0.4, 0.5) is 0 Å². The summed E-state index contributed by atoms with van der Waals surface area (Å²) >= 11 is 10.5. The second-order valence-corrected chi connectivity index (χ2v) is 9.33. The Labute approximate surface area is 141 Å². The lowest BCUT2D eigenvalue weighted by Gasteiger charge is -2.14. The first-order valence-corrected chi connectivity index (χ1v) is 10.1. The van der Waals surface area contributed by atoms with E-state index in [-0.39, 0.29) is 13.2 Å². The number of hydrogen-bond acceptors (Lipinski definition) is 6. The normalized spacial score (nSPS) is 28.0. The molecule has 11 heteroatoms. The predicted octanol–water partition coefficient (Wildman–Crippen LogP) is 0.165. The van der Waals surface area contributed by atoms with E-state index in [2.05, 4.69) is 0 Å². The lowest BCUT2D eigenvalue weighted by Crippen LogP contribution is -2.45. The fourth-order valence-electron chi connectivity index (χ4n) is 2.26. The minimum atomic E-state index is -3.75. The maximum atomic E-state index is 11.2. The molecular formula is C12H16Cl2N2O6P+. The van der Waals surface area contributed by atoms with Crippen LogP contribution < -0.4 is 10.3 Å². The van der Waals surface area contributed by atoms with Crippen molar-refractivity contribution in [3.8, 4) is 0 Å². The van der Waals surface area contributed by atoms with Crippen molar-refractivity contribution in [1.29, 1.82) is 0 Å². The van der Waals surface area contributed by atoms with Crippen molar-refractivity contribution in [2.24, 2.45) is 5.73 Å². The molecule has 0 spiro atoms. The van der Waals surface area contributed by atoms with Gasteiger partial charge in [0.05, 0.1) is 6.61 Å². The third-order valence-electron chi connectivity index (χ3n) is 3.38. The largest absolute Gasteiger partial charge is 0.387 e. The van der Waals surface area contributed by atoms with Crippen molar-refractivity contribution in [3.05, 3.63) is 30.1 Å². The molecule has 1 aliphatic rings. The standard InChI is InChI=1S/C12H15Cl2N2O6P/c13-23(14,20)21-6-9-11(18)10(17)8(22-9)5-16-3-1-2-7(4-16)12(15)19/h1-4,8-11,17-18H,5-6H2,(H-,15,19)/p+1/t8?,9-,10+,11-/m1/s1. The highest BCUT2D eigenvalue weighted by atomic mass is 35.9. The van der Waals surface area contributed by atoms with Crippen molar-refractivity contribution >= 4 is 34.5 Å². The van der Waals surface area contributed by atoms with Crippen molar-refractivity contribution < 1.29 is 33.4 Å². The van der Waals surface area contributed by atoms with Crippen LogP contribution in [0, 0.1) is 0 Å². The van der Waals surface area contributed by atoms with Gasteiger partial charge in [0.15, 0.2) is 18.9 Å². The molecule has 0 saturated carbocycles. The Morgan fingerprint density at radius 1 is 1.39 bits per heavy atom. The van der Waals surface area contributed by atoms with E-state index in [0.717, 1.165) is 0 Å². The second-order valence-electron chi connectivity index (χ2n) is 5.06. The lowest BCUT2D eigenvalue weighted by atomic mass is 10.1. The smallest absolute Gasteiger partial charge is 0.380 e. The number of carbonyl (C=O) groups excluding carboxylic acids is 1. The average molecular weight is 386 g/mol. The van der Waals surface area contributed by atoms with Crippen LogP contribution in [0.1, 0.15) is 10.4 Å². The Balaban J connectivity index is 2.02. The molecular weight excluding hydrogens is 370 g/mol. The number of aromatic nitrogens is 1. The number of ether oxygens (including phenoxy) is 1. The van der Waals surface area contributed by atoms with E-state index in [1.165, 1.54) is 6.20 Å². The SMILES string of the molecule is NC(=O)c1ccc[n+](CC2O[C@H](COP(=O)(Cl)Cl)[C@@H](O)[C@H]2O)c1. The van der Waals surface area contributed by atoms with E-state index in [1.54, 1.807) is 22.9 Å². The molecule has 0 aromatic carbocycles. The molecule has 1 fully saturated rings. The van der Waals surface area contributed by atoms with Gasteiger partial charge in [-0.3, -0.25) is 9.36 Å². The van der Waals surface area contributed by atoms with Crippen molar-refractivity contribution in [1.82, 2.24) is 0 Å². The summed E-state index contributed by atoms with van der Waals surface area (Å²) in [6.07, 6.45) is -4.74. The summed E-state index contributed by atoms with van der Waals surface area (Å²) in [5.41, 5.74) is 5.50. The van der Waals surface area contributed by atoms with E-state index < -0.39 is 36.4 Å². The summed E-state index contributed by atoms with van der Waals surface area (Å²) in [6, 6.07) is 3.17. The number of nitrogens with two attached hydrogens (primary N) is 1. The Kier molecular flexibility index (Phi) is 6.02. The highest BCUT2D eigenvalue weighted by Gasteiger charge is 2.45. The molecule has 128 valence electrons. The van der Waals surface area contributed by atoms with E-state index in [4.69, 9.17) is 37.5 Å². The maximum Gasteiger partial charge on any atom is 0.380 e. The number of aliphatic hydroxyl groups excluding tert-OH is 2. The Bertz CT molecular complexity index is 627. The number of carbonyl (C=O) groups is 1. The average Bonchev–Trinajstić information content (AvgIpc) is 2.73. The first-order valence-electron chi connectivity index (χ1n) is 6.62. The molecule has 0 bridgehead atoms. The van der Waals surface area contributed by atoms with Gasteiger partial charge in [0.25, 0.3) is 5.91 Å². The molecule has 1 saturated heterocycles. The van der Waals surface area contributed by atoms with Crippen LogP contribution in [0.25, 0.3) is 0 Å². The minimum Gasteiger partial charge on any atom is -0.387 e. The molecule has 0 aliphatic carbocycles. The molecule has 1 amide bonds. The minimum absolute atomic E-state index is 0.162. The van der Waals surface area contributed by atoms with Crippen LogP contribution in [-0.2, 0) is 20.4 Å². The zero-order valence-corrected chi connectivity index (χ0v) is 14.2. The summed E-state index contributed by atoms with van der Waals surface area (Å²) < 4.78 is 22.9. The first-order chi connectivity index (χ1) is 10.7. The lowest BCUT2D eigenvalue weighted by molar-refractivity contribution is -0.704. The van der Waals surface area contributed by atoms with Gasteiger partial charge < -0.3 is 25.2 Å². The number of hydrogen-bond donors (Lipinski definition) is 3. The van der Waals surface area contributed by atoms with Gasteiger partial charge in [0, 0.05) is 6.07 Å². The fourth-order valence-corrected chi connectivity index (χ4v) is 2.92. The summed E-state index contributed by atoms with van der Waals surface area (Å²) in [5.74, 6) is -0.585. The van der Waals surface area contributed by atoms with Crippen LogP contribution in [0.3, 0.4) is 0 Å². The molecule has 2 heterocycles. The van der Waals surface area contributed by atoms with Crippen molar-refractivity contribution in [3.63, 3.8) is 0 Å². The number of nitrogens with zero attached hydrogens (tertiary/aromatic N) is 1. The van der Waals surface area contributed by atoms with Crippen LogP contribution >= 0.6 is 28.6 Å². The second kappa shape index (κ2) is 7.44. The predicted molar refractivity (Wildman–Crippen MR) is 81.1 cm³/mol. The molecule has 8 nitrogen and oxygen atoms in total. The quantitative estimate of drug-likeness (QED) is 0.473. The third kappa shape index (κ3) is 5.12. The molecule has 1 aromatic heterocycles. The van der Waals surface area contributed by atoms with Gasteiger partial charge in [-0.15, -0.1) is 0 Å². The zero-order chi connectivity index (χ0) is 17.2. The van der Waals surface area contributed by atoms with Gasteiger partial charge in [-0.2, -0.15) is 0 Å². The van der Waals surface area contributed by atoms with E-state index in [9.17, 15) is 19.6 Å². The van der Waals surface area contributed by atoms with E-state index in [0.29, 0.717) is 5.56 Å². The number of pyridine rings is 1. The van der Waals surface area contributed by atoms with Gasteiger partial charge in [-0.25, -0.2) is 4.57 Å². The molecule has 4 atom stereocenters. The zero-order valence-electron chi connectivity index (χ0n) is 11.8. The number of halogens is 2. The highest BCUT2D eigenvalue weighted by molar-refractivity contribution is 8.05. The molecule has 1 unspecified atom stereocenters. The Morgan fingerprint density at radius 3 is 2.65 bits per heavy atom. The summed E-state index contributed by atoms with van der Waals surface area (Å²) in [6.45, 7) is -0.166. The van der Waals surface area contributed by atoms with Gasteiger partial charge in [0.2, 0.25) is 0 Å².